The zero-order valence-electron chi connectivity index (χ0n) is 11.5. The lowest BCUT2D eigenvalue weighted by Crippen LogP contribution is -2.62. The zero-order valence-corrected chi connectivity index (χ0v) is 11.5. The van der Waals surface area contributed by atoms with Crippen molar-refractivity contribution >= 4 is 0 Å². The van der Waals surface area contributed by atoms with Crippen LogP contribution < -0.4 is 5.32 Å². The van der Waals surface area contributed by atoms with E-state index in [9.17, 15) is 0 Å². The van der Waals surface area contributed by atoms with Gasteiger partial charge in [0.15, 0.2) is 0 Å². The summed E-state index contributed by atoms with van der Waals surface area (Å²) in [5.41, 5.74) is 0.282. The van der Waals surface area contributed by atoms with E-state index in [4.69, 9.17) is 4.74 Å². The number of piperazine rings is 1. The van der Waals surface area contributed by atoms with Crippen LogP contribution in [0.15, 0.2) is 0 Å². The average Bonchev–Trinajstić information content (AvgIpc) is 2.23. The van der Waals surface area contributed by atoms with E-state index >= 15 is 0 Å². The van der Waals surface area contributed by atoms with Crippen LogP contribution in [0.1, 0.15) is 41.0 Å². The van der Waals surface area contributed by atoms with Crippen molar-refractivity contribution in [1.82, 2.24) is 10.2 Å². The highest BCUT2D eigenvalue weighted by atomic mass is 16.5. The second-order valence-corrected chi connectivity index (χ2v) is 5.53. The van der Waals surface area contributed by atoms with E-state index in [1.165, 1.54) is 6.42 Å². The summed E-state index contributed by atoms with van der Waals surface area (Å²) in [5.74, 6) is 0. The summed E-state index contributed by atoms with van der Waals surface area (Å²) in [5, 5.41) is 3.64. The molecule has 1 rings (SSSR count). The average molecular weight is 228 g/mol. The molecule has 1 heterocycles. The summed E-state index contributed by atoms with van der Waals surface area (Å²) in [6.07, 6.45) is 1.53. The minimum Gasteiger partial charge on any atom is -0.377 e. The van der Waals surface area contributed by atoms with Crippen LogP contribution in [0.25, 0.3) is 0 Å². The molecule has 1 N–H and O–H groups in total. The highest BCUT2D eigenvalue weighted by Gasteiger charge is 2.32. The van der Waals surface area contributed by atoms with Gasteiger partial charge in [0, 0.05) is 31.2 Å². The maximum Gasteiger partial charge on any atom is 0.0597 e. The van der Waals surface area contributed by atoms with Crippen molar-refractivity contribution in [2.24, 2.45) is 0 Å². The Morgan fingerprint density at radius 1 is 1.50 bits per heavy atom. The van der Waals surface area contributed by atoms with Crippen molar-refractivity contribution < 1.29 is 4.74 Å². The van der Waals surface area contributed by atoms with E-state index in [0.29, 0.717) is 12.1 Å². The summed E-state index contributed by atoms with van der Waals surface area (Å²) in [4.78, 5) is 2.54. The second-order valence-electron chi connectivity index (χ2n) is 5.53. The van der Waals surface area contributed by atoms with Crippen LogP contribution in [-0.4, -0.2) is 48.8 Å². The Kier molecular flexibility index (Phi) is 5.22. The highest BCUT2D eigenvalue weighted by Crippen LogP contribution is 2.18. The molecule has 2 unspecified atom stereocenters. The summed E-state index contributed by atoms with van der Waals surface area (Å²) in [6.45, 7) is 15.2. The molecular weight excluding hydrogens is 200 g/mol. The zero-order chi connectivity index (χ0) is 12.2. The molecule has 3 heteroatoms. The third-order valence-electron chi connectivity index (χ3n) is 3.61. The summed E-state index contributed by atoms with van der Waals surface area (Å²) >= 11 is 0. The first kappa shape index (κ1) is 13.9. The van der Waals surface area contributed by atoms with Crippen LogP contribution in [0.3, 0.4) is 0 Å². The van der Waals surface area contributed by atoms with Crippen molar-refractivity contribution in [3.8, 4) is 0 Å². The molecule has 0 bridgehead atoms. The van der Waals surface area contributed by atoms with E-state index in [-0.39, 0.29) is 5.54 Å². The van der Waals surface area contributed by atoms with Gasteiger partial charge in [-0.1, -0.05) is 6.92 Å². The lowest BCUT2D eigenvalue weighted by Gasteiger charge is -2.45. The number of nitrogens with zero attached hydrogens (tertiary/aromatic N) is 1. The van der Waals surface area contributed by atoms with Crippen LogP contribution >= 0.6 is 0 Å². The monoisotopic (exact) mass is 228 g/mol. The van der Waals surface area contributed by atoms with Crippen molar-refractivity contribution in [3.05, 3.63) is 0 Å². The van der Waals surface area contributed by atoms with Gasteiger partial charge in [0.1, 0.15) is 0 Å². The molecule has 1 aliphatic heterocycles. The van der Waals surface area contributed by atoms with Gasteiger partial charge in [0.05, 0.1) is 12.7 Å². The Balaban J connectivity index is 2.38. The Morgan fingerprint density at radius 2 is 2.19 bits per heavy atom. The molecule has 96 valence electrons. The maximum atomic E-state index is 5.63. The van der Waals surface area contributed by atoms with Gasteiger partial charge in [0.25, 0.3) is 0 Å². The molecule has 0 aromatic carbocycles. The van der Waals surface area contributed by atoms with Gasteiger partial charge in [0.2, 0.25) is 0 Å². The smallest absolute Gasteiger partial charge is 0.0597 e. The van der Waals surface area contributed by atoms with Crippen molar-refractivity contribution in [2.45, 2.75) is 58.7 Å². The van der Waals surface area contributed by atoms with Crippen LogP contribution in [0.2, 0.25) is 0 Å². The van der Waals surface area contributed by atoms with Gasteiger partial charge in [-0.25, -0.2) is 0 Å². The number of hydrogen-bond donors (Lipinski definition) is 1. The van der Waals surface area contributed by atoms with Crippen LogP contribution in [0.5, 0.6) is 0 Å². The molecule has 16 heavy (non-hydrogen) atoms. The fourth-order valence-electron chi connectivity index (χ4n) is 2.13. The quantitative estimate of drug-likeness (QED) is 0.777. The summed E-state index contributed by atoms with van der Waals surface area (Å²) < 4.78 is 5.63. The lowest BCUT2D eigenvalue weighted by molar-refractivity contribution is 0.0270. The topological polar surface area (TPSA) is 24.5 Å². The van der Waals surface area contributed by atoms with Crippen molar-refractivity contribution in [2.75, 3.05) is 26.2 Å². The normalized spacial score (nSPS) is 32.2. The van der Waals surface area contributed by atoms with E-state index in [1.54, 1.807) is 0 Å². The second kappa shape index (κ2) is 5.99. The minimum atomic E-state index is 0.282. The fraction of sp³-hybridized carbons (Fsp3) is 1.00. The van der Waals surface area contributed by atoms with Gasteiger partial charge in [-0.2, -0.15) is 0 Å². The molecule has 0 amide bonds. The van der Waals surface area contributed by atoms with Gasteiger partial charge in [-0.3, -0.25) is 4.90 Å². The molecule has 0 saturated carbocycles. The third kappa shape index (κ3) is 4.04. The molecule has 1 saturated heterocycles. The van der Waals surface area contributed by atoms with Crippen molar-refractivity contribution in [1.29, 1.82) is 0 Å². The Hall–Kier alpha value is -0.120. The SMILES string of the molecule is CCC1(C)CN(CCOC(C)C)C(C)CN1. The van der Waals surface area contributed by atoms with Gasteiger partial charge >= 0.3 is 0 Å². The van der Waals surface area contributed by atoms with Crippen LogP contribution in [-0.2, 0) is 4.74 Å². The van der Waals surface area contributed by atoms with Gasteiger partial charge in [-0.05, 0) is 34.1 Å². The Bertz CT molecular complexity index is 208. The number of nitrogens with one attached hydrogen (secondary N) is 1. The maximum absolute atomic E-state index is 5.63. The highest BCUT2D eigenvalue weighted by molar-refractivity contribution is 4.92. The van der Waals surface area contributed by atoms with E-state index in [1.807, 2.05) is 0 Å². The molecule has 0 aromatic rings. The summed E-state index contributed by atoms with van der Waals surface area (Å²) in [7, 11) is 0. The molecule has 0 radical (unpaired) electrons. The first-order valence-corrected chi connectivity index (χ1v) is 6.57. The van der Waals surface area contributed by atoms with E-state index in [2.05, 4.69) is 44.8 Å². The fourth-order valence-corrected chi connectivity index (χ4v) is 2.13. The third-order valence-corrected chi connectivity index (χ3v) is 3.61. The standard InChI is InChI=1S/C13H28N2O/c1-6-13(5)10-15(12(4)9-14-13)7-8-16-11(2)3/h11-12,14H,6-10H2,1-5H3. The predicted octanol–water partition coefficient (Wildman–Crippen LogP) is 1.87. The first-order valence-electron chi connectivity index (χ1n) is 6.57. The summed E-state index contributed by atoms with van der Waals surface area (Å²) in [6, 6.07) is 0.621. The molecule has 3 nitrogen and oxygen atoms in total. The molecule has 0 spiro atoms. The Morgan fingerprint density at radius 3 is 2.75 bits per heavy atom. The van der Waals surface area contributed by atoms with E-state index in [0.717, 1.165) is 26.2 Å². The van der Waals surface area contributed by atoms with E-state index < -0.39 is 0 Å². The first-order chi connectivity index (χ1) is 7.47. The predicted molar refractivity (Wildman–Crippen MR) is 68.8 cm³/mol. The largest absolute Gasteiger partial charge is 0.377 e. The number of hydrogen-bond acceptors (Lipinski definition) is 3. The van der Waals surface area contributed by atoms with Gasteiger partial charge in [-0.15, -0.1) is 0 Å². The number of ether oxygens (including phenoxy) is 1. The van der Waals surface area contributed by atoms with Crippen molar-refractivity contribution in [3.63, 3.8) is 0 Å². The molecule has 1 fully saturated rings. The van der Waals surface area contributed by atoms with Gasteiger partial charge < -0.3 is 10.1 Å². The molecule has 2 atom stereocenters. The Labute approximate surface area is 101 Å². The van der Waals surface area contributed by atoms with Crippen LogP contribution in [0, 0.1) is 0 Å². The molecule has 0 aliphatic carbocycles. The lowest BCUT2D eigenvalue weighted by atomic mass is 9.94. The molecular formula is C13H28N2O. The molecule has 1 aliphatic rings. The molecule has 0 aromatic heterocycles. The number of rotatable bonds is 5. The minimum absolute atomic E-state index is 0.282. The van der Waals surface area contributed by atoms with Crippen LogP contribution in [0.4, 0.5) is 0 Å².